The molecule has 144 valence electrons. The van der Waals surface area contributed by atoms with Crippen LogP contribution in [0, 0.1) is 13.8 Å². The summed E-state index contributed by atoms with van der Waals surface area (Å²) >= 11 is 0. The van der Waals surface area contributed by atoms with Crippen LogP contribution in [-0.2, 0) is 4.79 Å². The summed E-state index contributed by atoms with van der Waals surface area (Å²) in [7, 11) is 0. The number of H-pyrrole nitrogens is 1. The maximum atomic E-state index is 12.7. The van der Waals surface area contributed by atoms with Crippen LogP contribution in [-0.4, -0.2) is 46.6 Å². The van der Waals surface area contributed by atoms with E-state index in [-0.39, 0.29) is 24.1 Å². The van der Waals surface area contributed by atoms with E-state index in [1.807, 2.05) is 30.9 Å². The number of furan rings is 1. The number of hydrogen-bond acceptors (Lipinski definition) is 6. The summed E-state index contributed by atoms with van der Waals surface area (Å²) in [4.78, 5) is 30.3. The zero-order chi connectivity index (χ0) is 19.7. The van der Waals surface area contributed by atoms with E-state index in [9.17, 15) is 9.59 Å². The number of aromatic amines is 1. The average molecular weight is 380 g/mol. The monoisotopic (exact) mass is 380 g/mol. The number of carbonyl (C=O) groups excluding carboxylic acids is 2. The second-order valence-corrected chi connectivity index (χ2v) is 6.61. The van der Waals surface area contributed by atoms with Crippen LogP contribution in [0.2, 0.25) is 0 Å². The summed E-state index contributed by atoms with van der Waals surface area (Å²) < 4.78 is 5.61. The number of hydrogen-bond donors (Lipinski definition) is 3. The first-order valence-electron chi connectivity index (χ1n) is 8.92. The molecule has 0 aromatic carbocycles. The van der Waals surface area contributed by atoms with Gasteiger partial charge in [0.05, 0.1) is 6.54 Å². The first-order valence-corrected chi connectivity index (χ1v) is 8.92. The number of nitrogens with zero attached hydrogens (tertiary/aromatic N) is 3. The van der Waals surface area contributed by atoms with Crippen molar-refractivity contribution in [3.63, 3.8) is 0 Å². The molecule has 0 atom stereocenters. The fraction of sp³-hybridized carbons (Fsp3) is 0.263. The molecule has 0 radical (unpaired) electrons. The van der Waals surface area contributed by atoms with Crippen molar-refractivity contribution in [1.29, 1.82) is 0 Å². The minimum Gasteiger partial charge on any atom is -0.460 e. The third-order valence-corrected chi connectivity index (χ3v) is 4.61. The molecule has 1 aliphatic heterocycles. The maximum absolute atomic E-state index is 12.7. The van der Waals surface area contributed by atoms with Crippen molar-refractivity contribution in [2.45, 2.75) is 13.8 Å². The van der Waals surface area contributed by atoms with Gasteiger partial charge in [-0.2, -0.15) is 5.10 Å². The molecule has 0 spiro atoms. The van der Waals surface area contributed by atoms with Crippen molar-refractivity contribution in [1.82, 2.24) is 20.5 Å². The van der Waals surface area contributed by atoms with Crippen LogP contribution in [0.4, 0.5) is 11.5 Å². The van der Waals surface area contributed by atoms with E-state index in [4.69, 9.17) is 4.42 Å². The average Bonchev–Trinajstić information content (AvgIpc) is 3.28. The van der Waals surface area contributed by atoms with Crippen molar-refractivity contribution >= 4 is 23.3 Å². The van der Waals surface area contributed by atoms with E-state index in [0.717, 1.165) is 17.0 Å². The molecule has 3 N–H and O–H groups in total. The number of aryl methyl sites for hydroxylation is 1. The molecule has 1 fully saturated rings. The lowest BCUT2D eigenvalue weighted by molar-refractivity contribution is -0.120. The molecular weight excluding hydrogens is 360 g/mol. The van der Waals surface area contributed by atoms with E-state index in [0.29, 0.717) is 30.4 Å². The predicted molar refractivity (Wildman–Crippen MR) is 103 cm³/mol. The first kappa shape index (κ1) is 17.8. The van der Waals surface area contributed by atoms with E-state index in [1.165, 1.54) is 0 Å². The summed E-state index contributed by atoms with van der Waals surface area (Å²) in [5.74, 6) is 1.45. The normalized spacial score (nSPS) is 14.1. The van der Waals surface area contributed by atoms with Crippen molar-refractivity contribution in [3.05, 3.63) is 47.5 Å². The Morgan fingerprint density at radius 1 is 1.29 bits per heavy atom. The van der Waals surface area contributed by atoms with Crippen LogP contribution in [0.5, 0.6) is 0 Å². The minimum atomic E-state index is -0.375. The Labute approximate surface area is 161 Å². The van der Waals surface area contributed by atoms with Gasteiger partial charge in [-0.1, -0.05) is 0 Å². The van der Waals surface area contributed by atoms with E-state index < -0.39 is 0 Å². The highest BCUT2D eigenvalue weighted by Gasteiger charge is 2.20. The molecule has 3 aromatic rings. The smallest absolute Gasteiger partial charge is 0.275 e. The Hall–Kier alpha value is -3.62. The maximum Gasteiger partial charge on any atom is 0.275 e. The van der Waals surface area contributed by atoms with E-state index in [1.54, 1.807) is 18.3 Å². The molecule has 0 aliphatic carbocycles. The fourth-order valence-corrected chi connectivity index (χ4v) is 3.10. The molecular formula is C19H20N6O3. The number of rotatable bonds is 4. The topological polar surface area (TPSA) is 116 Å². The molecule has 4 heterocycles. The highest BCUT2D eigenvalue weighted by Crippen LogP contribution is 2.27. The third-order valence-electron chi connectivity index (χ3n) is 4.61. The first-order chi connectivity index (χ1) is 13.5. The van der Waals surface area contributed by atoms with Crippen molar-refractivity contribution in [2.24, 2.45) is 0 Å². The van der Waals surface area contributed by atoms with Gasteiger partial charge >= 0.3 is 0 Å². The quantitative estimate of drug-likeness (QED) is 0.636. The second-order valence-electron chi connectivity index (χ2n) is 6.61. The number of amides is 2. The molecule has 9 heteroatoms. The highest BCUT2D eigenvalue weighted by molar-refractivity contribution is 6.03. The summed E-state index contributed by atoms with van der Waals surface area (Å²) in [6.07, 6.45) is 1.56. The summed E-state index contributed by atoms with van der Waals surface area (Å²) in [5, 5.41) is 12.6. The zero-order valence-corrected chi connectivity index (χ0v) is 15.6. The van der Waals surface area contributed by atoms with Crippen molar-refractivity contribution < 1.29 is 14.0 Å². The Balaban J connectivity index is 1.52. The highest BCUT2D eigenvalue weighted by atomic mass is 16.3. The molecule has 0 unspecified atom stereocenters. The Bertz CT molecular complexity index is 1040. The molecule has 28 heavy (non-hydrogen) atoms. The zero-order valence-electron chi connectivity index (χ0n) is 15.6. The minimum absolute atomic E-state index is 0.0399. The molecule has 0 bridgehead atoms. The molecule has 3 aromatic heterocycles. The lowest BCUT2D eigenvalue weighted by Crippen LogP contribution is -2.47. The summed E-state index contributed by atoms with van der Waals surface area (Å²) in [6.45, 7) is 5.23. The van der Waals surface area contributed by atoms with Crippen LogP contribution >= 0.6 is 0 Å². The van der Waals surface area contributed by atoms with Gasteiger partial charge in [0, 0.05) is 30.5 Å². The van der Waals surface area contributed by atoms with Gasteiger partial charge in [-0.3, -0.25) is 19.7 Å². The van der Waals surface area contributed by atoms with Gasteiger partial charge in [0.25, 0.3) is 5.91 Å². The third kappa shape index (κ3) is 3.46. The fourth-order valence-electron chi connectivity index (χ4n) is 3.10. The van der Waals surface area contributed by atoms with Gasteiger partial charge in [0.1, 0.15) is 17.1 Å². The summed E-state index contributed by atoms with van der Waals surface area (Å²) in [5.41, 5.74) is 2.51. The lowest BCUT2D eigenvalue weighted by atomic mass is 10.2. The number of carbonyl (C=O) groups is 2. The number of pyridine rings is 1. The Morgan fingerprint density at radius 3 is 2.89 bits per heavy atom. The van der Waals surface area contributed by atoms with Crippen LogP contribution in [0.25, 0.3) is 11.5 Å². The van der Waals surface area contributed by atoms with Gasteiger partial charge in [-0.25, -0.2) is 0 Å². The largest absolute Gasteiger partial charge is 0.460 e. The SMILES string of the molecule is Cc1ccc(-c2[nH]nc(NC(=O)c3cc(N4CCNC(=O)C4)ccn3)c2C)o1. The molecule has 4 rings (SSSR count). The van der Waals surface area contributed by atoms with Crippen molar-refractivity contribution in [2.75, 3.05) is 29.9 Å². The van der Waals surface area contributed by atoms with E-state index in [2.05, 4.69) is 25.8 Å². The molecule has 2 amide bonds. The van der Waals surface area contributed by atoms with Gasteiger partial charge in [0.2, 0.25) is 5.91 Å². The van der Waals surface area contributed by atoms with Gasteiger partial charge < -0.3 is 20.0 Å². The van der Waals surface area contributed by atoms with Gasteiger partial charge in [-0.05, 0) is 38.1 Å². The number of aromatic nitrogens is 3. The second kappa shape index (κ2) is 7.18. The van der Waals surface area contributed by atoms with Crippen LogP contribution < -0.4 is 15.5 Å². The van der Waals surface area contributed by atoms with E-state index >= 15 is 0 Å². The molecule has 1 aliphatic rings. The van der Waals surface area contributed by atoms with Crippen LogP contribution in [0.1, 0.15) is 21.8 Å². The standard InChI is InChI=1S/C19H20N6O3/c1-11-3-4-15(28-11)17-12(2)18(24-23-17)22-19(27)14-9-13(5-6-20-14)25-8-7-21-16(26)10-25/h3-6,9H,7-8,10H2,1-2H3,(H,21,26)(H2,22,23,24,27). The van der Waals surface area contributed by atoms with Crippen LogP contribution in [0.3, 0.4) is 0 Å². The Kier molecular flexibility index (Phi) is 4.56. The number of anilines is 2. The Morgan fingerprint density at radius 2 is 2.14 bits per heavy atom. The molecule has 1 saturated heterocycles. The lowest BCUT2D eigenvalue weighted by Gasteiger charge is -2.28. The van der Waals surface area contributed by atoms with Gasteiger partial charge in [0.15, 0.2) is 11.6 Å². The van der Waals surface area contributed by atoms with Gasteiger partial charge in [-0.15, -0.1) is 0 Å². The van der Waals surface area contributed by atoms with Crippen LogP contribution in [0.15, 0.2) is 34.9 Å². The predicted octanol–water partition coefficient (Wildman–Crippen LogP) is 1.87. The summed E-state index contributed by atoms with van der Waals surface area (Å²) in [6, 6.07) is 7.17. The number of nitrogens with one attached hydrogen (secondary N) is 3. The molecule has 9 nitrogen and oxygen atoms in total. The van der Waals surface area contributed by atoms with Crippen molar-refractivity contribution in [3.8, 4) is 11.5 Å². The molecule has 0 saturated carbocycles. The number of piperazine rings is 1.